The highest BCUT2D eigenvalue weighted by atomic mass is 16.5. The van der Waals surface area contributed by atoms with Crippen LogP contribution in [0.1, 0.15) is 76.5 Å². The van der Waals surface area contributed by atoms with Crippen molar-refractivity contribution in [3.8, 4) is 0 Å². The predicted molar refractivity (Wildman–Crippen MR) is 95.7 cm³/mol. The van der Waals surface area contributed by atoms with Crippen LogP contribution in [0.5, 0.6) is 0 Å². The normalized spacial score (nSPS) is 19.3. The second-order valence-corrected chi connectivity index (χ2v) is 7.17. The number of esters is 1. The molecule has 1 aromatic carbocycles. The fourth-order valence-corrected chi connectivity index (χ4v) is 4.05. The topological polar surface area (TPSA) is 43.4 Å². The lowest BCUT2D eigenvalue weighted by Gasteiger charge is -2.38. The van der Waals surface area contributed by atoms with Crippen molar-refractivity contribution in [3.05, 3.63) is 35.4 Å². The number of Topliss-reactive ketones (excluding diaryl/α,β-unsaturated/α-hetero) is 1. The molecule has 3 heteroatoms. The zero-order valence-corrected chi connectivity index (χ0v) is 15.4. The molecule has 2 rings (SSSR count). The minimum absolute atomic E-state index is 0.0435. The summed E-state index contributed by atoms with van der Waals surface area (Å²) in [5.74, 6) is -0.262. The van der Waals surface area contributed by atoms with Crippen LogP contribution in [0.4, 0.5) is 0 Å². The van der Waals surface area contributed by atoms with Gasteiger partial charge in [0.05, 0.1) is 0 Å². The monoisotopic (exact) mass is 330 g/mol. The van der Waals surface area contributed by atoms with Crippen molar-refractivity contribution in [1.29, 1.82) is 0 Å². The highest BCUT2D eigenvalue weighted by molar-refractivity contribution is 6.03. The highest BCUT2D eigenvalue weighted by Gasteiger charge is 2.50. The number of carbonyl (C=O) groups is 2. The molecule has 0 radical (unpaired) electrons. The van der Waals surface area contributed by atoms with Gasteiger partial charge in [-0.05, 0) is 51.5 Å². The van der Waals surface area contributed by atoms with Crippen LogP contribution in [0.2, 0.25) is 0 Å². The van der Waals surface area contributed by atoms with E-state index in [2.05, 4.69) is 0 Å². The fourth-order valence-electron chi connectivity index (χ4n) is 4.05. The van der Waals surface area contributed by atoms with Crippen molar-refractivity contribution in [2.24, 2.45) is 11.3 Å². The van der Waals surface area contributed by atoms with Crippen molar-refractivity contribution in [1.82, 2.24) is 0 Å². The van der Waals surface area contributed by atoms with Crippen LogP contribution in [-0.2, 0) is 14.3 Å². The number of aryl methyl sites for hydroxylation is 1. The van der Waals surface area contributed by atoms with Crippen LogP contribution in [0.3, 0.4) is 0 Å². The van der Waals surface area contributed by atoms with E-state index in [1.54, 1.807) is 6.92 Å². The molecule has 0 heterocycles. The standard InChI is InChI=1S/C21H30O3/c1-5-21(17(4)22,19-9-7-6-8-10-19)20(23)24-16(3)18-13-11-15(2)12-14-18/h11-14,16,19H,5-10H2,1-4H3. The van der Waals surface area contributed by atoms with Crippen LogP contribution in [0.25, 0.3) is 0 Å². The van der Waals surface area contributed by atoms with Crippen molar-refractivity contribution in [2.45, 2.75) is 72.3 Å². The largest absolute Gasteiger partial charge is 0.457 e. The molecular weight excluding hydrogens is 300 g/mol. The Morgan fingerprint density at radius 2 is 1.75 bits per heavy atom. The predicted octanol–water partition coefficient (Wildman–Crippen LogP) is 5.16. The maximum absolute atomic E-state index is 13.0. The SMILES string of the molecule is CCC(C(C)=O)(C(=O)OC(C)c1ccc(C)cc1)C1CCCCC1. The Morgan fingerprint density at radius 1 is 1.17 bits per heavy atom. The van der Waals surface area contributed by atoms with Gasteiger partial charge in [0, 0.05) is 0 Å². The van der Waals surface area contributed by atoms with Gasteiger partial charge in [-0.3, -0.25) is 9.59 Å². The van der Waals surface area contributed by atoms with E-state index in [4.69, 9.17) is 4.74 Å². The maximum Gasteiger partial charge on any atom is 0.320 e. The van der Waals surface area contributed by atoms with Crippen LogP contribution in [-0.4, -0.2) is 11.8 Å². The summed E-state index contributed by atoms with van der Waals surface area (Å²) < 4.78 is 5.79. The van der Waals surface area contributed by atoms with Crippen molar-refractivity contribution >= 4 is 11.8 Å². The van der Waals surface area contributed by atoms with E-state index in [0.717, 1.165) is 31.2 Å². The Labute approximate surface area is 145 Å². The van der Waals surface area contributed by atoms with Gasteiger partial charge in [-0.2, -0.15) is 0 Å². The number of hydrogen-bond donors (Lipinski definition) is 0. The number of benzene rings is 1. The molecule has 2 atom stereocenters. The van der Waals surface area contributed by atoms with Gasteiger partial charge < -0.3 is 4.74 Å². The lowest BCUT2D eigenvalue weighted by molar-refractivity contribution is -0.170. The van der Waals surface area contributed by atoms with E-state index in [9.17, 15) is 9.59 Å². The van der Waals surface area contributed by atoms with Crippen LogP contribution >= 0.6 is 0 Å². The number of carbonyl (C=O) groups excluding carboxylic acids is 2. The fraction of sp³-hybridized carbons (Fsp3) is 0.619. The van der Waals surface area contributed by atoms with Crippen LogP contribution in [0, 0.1) is 18.3 Å². The molecule has 132 valence electrons. The van der Waals surface area contributed by atoms with E-state index >= 15 is 0 Å². The molecule has 1 fully saturated rings. The molecule has 0 aromatic heterocycles. The Morgan fingerprint density at radius 3 is 2.25 bits per heavy atom. The summed E-state index contributed by atoms with van der Waals surface area (Å²) in [4.78, 5) is 25.5. The number of ketones is 1. The average Bonchev–Trinajstić information content (AvgIpc) is 2.57. The second kappa shape index (κ2) is 7.96. The van der Waals surface area contributed by atoms with Gasteiger partial charge in [0.25, 0.3) is 0 Å². The third-order valence-corrected chi connectivity index (χ3v) is 5.68. The minimum Gasteiger partial charge on any atom is -0.457 e. The summed E-state index contributed by atoms with van der Waals surface area (Å²) in [6, 6.07) is 7.99. The lowest BCUT2D eigenvalue weighted by atomic mass is 9.65. The first-order valence-electron chi connectivity index (χ1n) is 9.20. The molecule has 1 aromatic rings. The van der Waals surface area contributed by atoms with E-state index in [1.165, 1.54) is 12.0 Å². The van der Waals surface area contributed by atoms with Gasteiger partial charge in [-0.15, -0.1) is 0 Å². The smallest absolute Gasteiger partial charge is 0.320 e. The summed E-state index contributed by atoms with van der Waals surface area (Å²) in [5.41, 5.74) is 1.16. The lowest BCUT2D eigenvalue weighted by Crippen LogP contribution is -2.46. The molecule has 24 heavy (non-hydrogen) atoms. The number of hydrogen-bond acceptors (Lipinski definition) is 3. The average molecular weight is 330 g/mol. The van der Waals surface area contributed by atoms with Gasteiger partial charge in [0.1, 0.15) is 17.3 Å². The molecule has 1 aliphatic carbocycles. The van der Waals surface area contributed by atoms with Gasteiger partial charge in [0.15, 0.2) is 0 Å². The molecule has 1 saturated carbocycles. The third-order valence-electron chi connectivity index (χ3n) is 5.68. The van der Waals surface area contributed by atoms with Crippen molar-refractivity contribution < 1.29 is 14.3 Å². The number of rotatable bonds is 6. The Bertz CT molecular complexity index is 569. The first-order chi connectivity index (χ1) is 11.4. The Hall–Kier alpha value is -1.64. The van der Waals surface area contributed by atoms with E-state index in [1.807, 2.05) is 45.0 Å². The van der Waals surface area contributed by atoms with E-state index in [0.29, 0.717) is 6.42 Å². The molecule has 0 bridgehead atoms. The van der Waals surface area contributed by atoms with Gasteiger partial charge in [-0.25, -0.2) is 0 Å². The zero-order valence-electron chi connectivity index (χ0n) is 15.4. The second-order valence-electron chi connectivity index (χ2n) is 7.17. The number of ether oxygens (including phenoxy) is 1. The van der Waals surface area contributed by atoms with Crippen molar-refractivity contribution in [3.63, 3.8) is 0 Å². The highest BCUT2D eigenvalue weighted by Crippen LogP contribution is 2.43. The maximum atomic E-state index is 13.0. The van der Waals surface area contributed by atoms with Gasteiger partial charge >= 0.3 is 5.97 Å². The molecule has 0 N–H and O–H groups in total. The summed E-state index contributed by atoms with van der Waals surface area (Å²) in [5, 5.41) is 0. The van der Waals surface area contributed by atoms with Gasteiger partial charge in [0.2, 0.25) is 0 Å². The molecule has 0 aliphatic heterocycles. The molecule has 2 unspecified atom stereocenters. The first kappa shape index (κ1) is 18.7. The molecule has 0 spiro atoms. The zero-order chi connectivity index (χ0) is 17.7. The quantitative estimate of drug-likeness (QED) is 0.534. The molecule has 3 nitrogen and oxygen atoms in total. The van der Waals surface area contributed by atoms with Crippen LogP contribution in [0.15, 0.2) is 24.3 Å². The summed E-state index contributed by atoms with van der Waals surface area (Å²) in [7, 11) is 0. The minimum atomic E-state index is -0.973. The Balaban J connectivity index is 2.21. The molecule has 1 aliphatic rings. The van der Waals surface area contributed by atoms with Gasteiger partial charge in [-0.1, -0.05) is 56.0 Å². The van der Waals surface area contributed by atoms with E-state index < -0.39 is 5.41 Å². The molecule has 0 amide bonds. The van der Waals surface area contributed by atoms with Crippen molar-refractivity contribution in [2.75, 3.05) is 0 Å². The summed E-state index contributed by atoms with van der Waals surface area (Å²) in [6.45, 7) is 7.40. The molecule has 0 saturated heterocycles. The summed E-state index contributed by atoms with van der Waals surface area (Å²) in [6.07, 6.45) is 5.46. The first-order valence-corrected chi connectivity index (χ1v) is 9.20. The Kier molecular flexibility index (Phi) is 6.20. The van der Waals surface area contributed by atoms with E-state index in [-0.39, 0.29) is 23.8 Å². The summed E-state index contributed by atoms with van der Waals surface area (Å²) >= 11 is 0. The molecular formula is C21H30O3. The third kappa shape index (κ3) is 3.71. The van der Waals surface area contributed by atoms with Crippen LogP contribution < -0.4 is 0 Å².